The molecular weight excluding hydrogens is 256 g/mol. The van der Waals surface area contributed by atoms with Crippen LogP contribution in [0.3, 0.4) is 0 Å². The zero-order chi connectivity index (χ0) is 15.0. The maximum atomic E-state index is 11.4. The van der Waals surface area contributed by atoms with Gasteiger partial charge < -0.3 is 19.7 Å². The second-order valence-corrected chi connectivity index (χ2v) is 4.46. The van der Waals surface area contributed by atoms with E-state index in [1.807, 2.05) is 0 Å². The Morgan fingerprint density at radius 2 is 1.32 bits per heavy atom. The summed E-state index contributed by atoms with van der Waals surface area (Å²) in [5.74, 6) is -2.29. The number of carboxylic acids is 1. The van der Waals surface area contributed by atoms with E-state index in [1.165, 1.54) is 20.8 Å². The summed E-state index contributed by atoms with van der Waals surface area (Å²) in [6.07, 6.45) is -2.80. The van der Waals surface area contributed by atoms with E-state index in [4.69, 9.17) is 19.7 Å². The predicted molar refractivity (Wildman–Crippen MR) is 64.3 cm³/mol. The largest absolute Gasteiger partial charge is 0.481 e. The Kier molecular flexibility index (Phi) is 7.74. The smallest absolute Gasteiger partial charge is 0.309 e. The lowest BCUT2D eigenvalue weighted by Crippen LogP contribution is -2.24. The monoisotopic (exact) mass is 276 g/mol. The summed E-state index contributed by atoms with van der Waals surface area (Å²) in [5.41, 5.74) is 0. The lowest BCUT2D eigenvalue weighted by molar-refractivity contribution is -0.158. The van der Waals surface area contributed by atoms with E-state index in [1.54, 1.807) is 0 Å². The highest BCUT2D eigenvalue weighted by molar-refractivity contribution is 5.73. The van der Waals surface area contributed by atoms with Crippen LogP contribution < -0.4 is 0 Å². The van der Waals surface area contributed by atoms with Crippen LogP contribution in [0.5, 0.6) is 0 Å². The van der Waals surface area contributed by atoms with Crippen molar-refractivity contribution in [3.05, 3.63) is 0 Å². The Morgan fingerprint density at radius 1 is 0.895 bits per heavy atom. The minimum Gasteiger partial charge on any atom is -0.481 e. The number of aliphatic carboxylic acids is 1. The number of carbonyl (C=O) groups is 3. The topological polar surface area (TPSA) is 110 Å². The number of aliphatic hydroxyl groups is 1. The van der Waals surface area contributed by atoms with Gasteiger partial charge in [-0.3, -0.25) is 14.4 Å². The Labute approximate surface area is 111 Å². The van der Waals surface area contributed by atoms with E-state index in [0.717, 1.165) is 0 Å². The number of ether oxygens (including phenoxy) is 2. The highest BCUT2D eigenvalue weighted by atomic mass is 16.6. The third kappa shape index (κ3) is 10.0. The van der Waals surface area contributed by atoms with E-state index in [9.17, 15) is 14.4 Å². The van der Waals surface area contributed by atoms with E-state index in [-0.39, 0.29) is 19.3 Å². The van der Waals surface area contributed by atoms with Crippen LogP contribution in [0.25, 0.3) is 0 Å². The second kappa shape index (κ2) is 8.47. The fourth-order valence-electron chi connectivity index (χ4n) is 1.35. The van der Waals surface area contributed by atoms with Crippen molar-refractivity contribution in [2.45, 2.75) is 58.3 Å². The molecule has 0 amide bonds. The van der Waals surface area contributed by atoms with E-state index in [0.29, 0.717) is 0 Å². The SMILES string of the molecule is C[C@H](CC(=O)O)OC(=O)C[C@@H](C)OC(=O)C[C@@H](C)O. The van der Waals surface area contributed by atoms with Gasteiger partial charge in [-0.1, -0.05) is 0 Å². The average molecular weight is 276 g/mol. The predicted octanol–water partition coefficient (Wildman–Crippen LogP) is 0.486. The molecular formula is C12H20O7. The van der Waals surface area contributed by atoms with Crippen molar-refractivity contribution in [3.8, 4) is 0 Å². The number of hydrogen-bond donors (Lipinski definition) is 2. The van der Waals surface area contributed by atoms with Gasteiger partial charge in [0.15, 0.2) is 0 Å². The van der Waals surface area contributed by atoms with Gasteiger partial charge in [0, 0.05) is 0 Å². The Hall–Kier alpha value is -1.63. The highest BCUT2D eigenvalue weighted by Crippen LogP contribution is 2.06. The van der Waals surface area contributed by atoms with Crippen LogP contribution in [0.2, 0.25) is 0 Å². The fraction of sp³-hybridized carbons (Fsp3) is 0.750. The molecule has 0 aliphatic heterocycles. The molecule has 0 rings (SSSR count). The van der Waals surface area contributed by atoms with Gasteiger partial charge in [-0.15, -0.1) is 0 Å². The molecule has 0 saturated heterocycles. The summed E-state index contributed by atoms with van der Waals surface area (Å²) in [6, 6.07) is 0. The molecule has 19 heavy (non-hydrogen) atoms. The van der Waals surface area contributed by atoms with Crippen molar-refractivity contribution in [2.24, 2.45) is 0 Å². The average Bonchev–Trinajstić information content (AvgIpc) is 2.12. The lowest BCUT2D eigenvalue weighted by Gasteiger charge is -2.15. The number of rotatable bonds is 8. The zero-order valence-corrected chi connectivity index (χ0v) is 11.3. The molecule has 0 bridgehead atoms. The van der Waals surface area contributed by atoms with Crippen molar-refractivity contribution >= 4 is 17.9 Å². The van der Waals surface area contributed by atoms with Crippen molar-refractivity contribution in [1.82, 2.24) is 0 Å². The summed E-state index contributed by atoms with van der Waals surface area (Å²) in [6.45, 7) is 4.44. The van der Waals surface area contributed by atoms with Gasteiger partial charge in [-0.2, -0.15) is 0 Å². The fourth-order valence-corrected chi connectivity index (χ4v) is 1.35. The summed E-state index contributed by atoms with van der Waals surface area (Å²) in [5, 5.41) is 17.5. The van der Waals surface area contributed by atoms with Gasteiger partial charge in [-0.05, 0) is 20.8 Å². The zero-order valence-electron chi connectivity index (χ0n) is 11.3. The van der Waals surface area contributed by atoms with E-state index < -0.39 is 36.2 Å². The molecule has 7 nitrogen and oxygen atoms in total. The van der Waals surface area contributed by atoms with Gasteiger partial charge in [-0.25, -0.2) is 0 Å². The van der Waals surface area contributed by atoms with Crippen LogP contribution in [0.4, 0.5) is 0 Å². The minimum atomic E-state index is -1.06. The van der Waals surface area contributed by atoms with Crippen LogP contribution in [0, 0.1) is 0 Å². The maximum Gasteiger partial charge on any atom is 0.309 e. The van der Waals surface area contributed by atoms with E-state index >= 15 is 0 Å². The molecule has 110 valence electrons. The Morgan fingerprint density at radius 3 is 1.74 bits per heavy atom. The van der Waals surface area contributed by atoms with Gasteiger partial charge >= 0.3 is 17.9 Å². The number of hydrogen-bond acceptors (Lipinski definition) is 6. The Bertz CT molecular complexity index is 324. The molecule has 2 N–H and O–H groups in total. The number of carbonyl (C=O) groups excluding carboxylic acids is 2. The third-order valence-corrected chi connectivity index (χ3v) is 2.04. The summed E-state index contributed by atoms with van der Waals surface area (Å²) in [7, 11) is 0. The molecule has 0 saturated carbocycles. The molecule has 0 fully saturated rings. The molecule has 0 unspecified atom stereocenters. The van der Waals surface area contributed by atoms with Crippen LogP contribution in [-0.2, 0) is 23.9 Å². The molecule has 0 aliphatic carbocycles. The van der Waals surface area contributed by atoms with Crippen molar-refractivity contribution in [3.63, 3.8) is 0 Å². The summed E-state index contributed by atoms with van der Waals surface area (Å²) >= 11 is 0. The molecule has 0 spiro atoms. The van der Waals surface area contributed by atoms with Crippen molar-refractivity contribution < 1.29 is 34.1 Å². The van der Waals surface area contributed by atoms with Gasteiger partial charge in [0.1, 0.15) is 12.2 Å². The van der Waals surface area contributed by atoms with Crippen LogP contribution >= 0.6 is 0 Å². The standard InChI is InChI=1S/C12H20O7/c1-7(13)4-11(16)19-9(3)6-12(17)18-8(2)5-10(14)15/h7-9,13H,4-6H2,1-3H3,(H,14,15)/t7-,8-,9-/m1/s1. The molecule has 0 radical (unpaired) electrons. The molecule has 7 heteroatoms. The van der Waals surface area contributed by atoms with Crippen LogP contribution in [0.1, 0.15) is 40.0 Å². The first-order valence-corrected chi connectivity index (χ1v) is 5.99. The van der Waals surface area contributed by atoms with Gasteiger partial charge in [0.2, 0.25) is 0 Å². The number of carboxylic acid groups (broad SMARTS) is 1. The molecule has 0 heterocycles. The quantitative estimate of drug-likeness (QED) is 0.620. The van der Waals surface area contributed by atoms with Crippen molar-refractivity contribution in [2.75, 3.05) is 0 Å². The lowest BCUT2D eigenvalue weighted by atomic mass is 10.2. The van der Waals surface area contributed by atoms with Crippen LogP contribution in [-0.4, -0.2) is 46.4 Å². The second-order valence-electron chi connectivity index (χ2n) is 4.46. The summed E-state index contributed by atoms with van der Waals surface area (Å²) in [4.78, 5) is 33.0. The molecule has 0 aliphatic rings. The first-order chi connectivity index (χ1) is 8.70. The Balaban J connectivity index is 3.98. The van der Waals surface area contributed by atoms with Gasteiger partial charge in [0.05, 0.1) is 25.4 Å². The van der Waals surface area contributed by atoms with Gasteiger partial charge in [0.25, 0.3) is 0 Å². The first kappa shape index (κ1) is 17.4. The number of esters is 2. The first-order valence-electron chi connectivity index (χ1n) is 5.99. The minimum absolute atomic E-state index is 0.144. The highest BCUT2D eigenvalue weighted by Gasteiger charge is 2.18. The summed E-state index contributed by atoms with van der Waals surface area (Å²) < 4.78 is 9.71. The maximum absolute atomic E-state index is 11.4. The number of aliphatic hydroxyl groups excluding tert-OH is 1. The molecule has 0 aromatic rings. The molecule has 0 aromatic heterocycles. The third-order valence-electron chi connectivity index (χ3n) is 2.04. The normalized spacial score (nSPS) is 15.2. The van der Waals surface area contributed by atoms with Crippen LogP contribution in [0.15, 0.2) is 0 Å². The van der Waals surface area contributed by atoms with E-state index in [2.05, 4.69) is 0 Å². The molecule has 3 atom stereocenters. The molecule has 0 aromatic carbocycles. The van der Waals surface area contributed by atoms with Crippen molar-refractivity contribution in [1.29, 1.82) is 0 Å².